The van der Waals surface area contributed by atoms with Gasteiger partial charge in [-0.2, -0.15) is 0 Å². The van der Waals surface area contributed by atoms with E-state index < -0.39 is 0 Å². The zero-order valence-electron chi connectivity index (χ0n) is 13.4. The van der Waals surface area contributed by atoms with Gasteiger partial charge in [-0.3, -0.25) is 0 Å². The van der Waals surface area contributed by atoms with Crippen molar-refractivity contribution in [1.29, 1.82) is 0 Å². The maximum absolute atomic E-state index is 6.03. The van der Waals surface area contributed by atoms with Crippen LogP contribution in [-0.4, -0.2) is 19.5 Å². The molecular weight excluding hydrogens is 322 g/mol. The van der Waals surface area contributed by atoms with E-state index in [-0.39, 0.29) is 0 Å². The van der Waals surface area contributed by atoms with Crippen LogP contribution in [-0.2, 0) is 13.6 Å². The van der Waals surface area contributed by atoms with Crippen LogP contribution in [0.3, 0.4) is 0 Å². The molecule has 0 aliphatic rings. The first-order valence-corrected chi connectivity index (χ1v) is 8.06. The van der Waals surface area contributed by atoms with E-state index in [0.29, 0.717) is 11.6 Å². The van der Waals surface area contributed by atoms with E-state index in [0.717, 1.165) is 33.6 Å². The summed E-state index contributed by atoms with van der Waals surface area (Å²) >= 11 is 6.03. The highest BCUT2D eigenvalue weighted by atomic mass is 35.5. The fourth-order valence-corrected chi connectivity index (χ4v) is 3.02. The fraction of sp³-hybridized carbons (Fsp3) is 0.167. The van der Waals surface area contributed by atoms with Crippen molar-refractivity contribution in [2.75, 3.05) is 5.32 Å². The maximum Gasteiger partial charge on any atom is 0.137 e. The maximum atomic E-state index is 6.03. The zero-order valence-corrected chi connectivity index (χ0v) is 14.2. The molecule has 1 N–H and O–H groups in total. The molecule has 0 spiro atoms. The van der Waals surface area contributed by atoms with Gasteiger partial charge in [0.15, 0.2) is 0 Å². The standard InChI is InChI=1S/C18H16ClN5/c1-11-3-6-16-15(7-11)23-17(24(16)2)9-20-18-13-5-4-12(19)8-14(13)21-10-22-18/h3-8,10H,9H2,1-2H3,(H,20,21,22). The lowest BCUT2D eigenvalue weighted by molar-refractivity contribution is 0.832. The van der Waals surface area contributed by atoms with Crippen LogP contribution in [0, 0.1) is 6.92 Å². The second kappa shape index (κ2) is 5.76. The van der Waals surface area contributed by atoms with Crippen molar-refractivity contribution in [2.24, 2.45) is 7.05 Å². The largest absolute Gasteiger partial charge is 0.362 e. The molecule has 2 aromatic carbocycles. The molecule has 0 saturated carbocycles. The normalized spacial score (nSPS) is 11.3. The van der Waals surface area contributed by atoms with Gasteiger partial charge in [-0.1, -0.05) is 17.7 Å². The molecular formula is C18H16ClN5. The summed E-state index contributed by atoms with van der Waals surface area (Å²) in [5.41, 5.74) is 4.16. The van der Waals surface area contributed by atoms with Gasteiger partial charge < -0.3 is 9.88 Å². The van der Waals surface area contributed by atoms with Crippen LogP contribution >= 0.6 is 11.6 Å². The number of aryl methyl sites for hydroxylation is 2. The Hall–Kier alpha value is -2.66. The Morgan fingerprint density at radius 2 is 1.96 bits per heavy atom. The molecule has 0 aliphatic heterocycles. The summed E-state index contributed by atoms with van der Waals surface area (Å²) in [6.07, 6.45) is 1.54. The van der Waals surface area contributed by atoms with Gasteiger partial charge in [0.1, 0.15) is 18.0 Å². The Kier molecular flexibility index (Phi) is 3.58. The predicted molar refractivity (Wildman–Crippen MR) is 97.3 cm³/mol. The number of nitrogens with one attached hydrogen (secondary N) is 1. The smallest absolute Gasteiger partial charge is 0.137 e. The zero-order chi connectivity index (χ0) is 16.7. The second-order valence-corrected chi connectivity index (χ2v) is 6.25. The Balaban J connectivity index is 1.67. The number of aromatic nitrogens is 4. The first-order chi connectivity index (χ1) is 11.6. The topological polar surface area (TPSA) is 55.6 Å². The molecule has 5 nitrogen and oxygen atoms in total. The molecule has 0 aliphatic carbocycles. The Bertz CT molecular complexity index is 1050. The van der Waals surface area contributed by atoms with Gasteiger partial charge in [-0.25, -0.2) is 15.0 Å². The minimum Gasteiger partial charge on any atom is -0.362 e. The summed E-state index contributed by atoms with van der Waals surface area (Å²) in [7, 11) is 2.03. The lowest BCUT2D eigenvalue weighted by Crippen LogP contribution is -2.07. The highest BCUT2D eigenvalue weighted by Gasteiger charge is 2.09. The van der Waals surface area contributed by atoms with E-state index in [2.05, 4.69) is 45.0 Å². The molecule has 0 unspecified atom stereocenters. The quantitative estimate of drug-likeness (QED) is 0.611. The Morgan fingerprint density at radius 3 is 2.83 bits per heavy atom. The molecule has 4 rings (SSSR count). The molecule has 0 fully saturated rings. The van der Waals surface area contributed by atoms with Crippen molar-refractivity contribution < 1.29 is 0 Å². The fourth-order valence-electron chi connectivity index (χ4n) is 2.85. The third kappa shape index (κ3) is 2.57. The Morgan fingerprint density at radius 1 is 1.08 bits per heavy atom. The minimum absolute atomic E-state index is 0.582. The van der Waals surface area contributed by atoms with Crippen LogP contribution in [0.15, 0.2) is 42.7 Å². The summed E-state index contributed by atoms with van der Waals surface area (Å²) in [5.74, 6) is 1.73. The number of nitrogens with zero attached hydrogens (tertiary/aromatic N) is 4. The van der Waals surface area contributed by atoms with Crippen LogP contribution in [0.25, 0.3) is 21.9 Å². The van der Waals surface area contributed by atoms with Crippen molar-refractivity contribution in [3.63, 3.8) is 0 Å². The van der Waals surface area contributed by atoms with E-state index in [9.17, 15) is 0 Å². The van der Waals surface area contributed by atoms with Crippen LogP contribution in [0.4, 0.5) is 5.82 Å². The lowest BCUT2D eigenvalue weighted by Gasteiger charge is -2.08. The van der Waals surface area contributed by atoms with Crippen molar-refractivity contribution in [2.45, 2.75) is 13.5 Å². The first kappa shape index (κ1) is 14.9. The number of imidazole rings is 1. The van der Waals surface area contributed by atoms with Crippen molar-refractivity contribution in [1.82, 2.24) is 19.5 Å². The van der Waals surface area contributed by atoms with Gasteiger partial charge >= 0.3 is 0 Å². The van der Waals surface area contributed by atoms with Gasteiger partial charge in [0, 0.05) is 17.5 Å². The van der Waals surface area contributed by atoms with E-state index >= 15 is 0 Å². The molecule has 2 aromatic heterocycles. The molecule has 0 amide bonds. The monoisotopic (exact) mass is 337 g/mol. The first-order valence-electron chi connectivity index (χ1n) is 7.68. The Labute approximate surface area is 144 Å². The molecule has 0 bridgehead atoms. The third-order valence-electron chi connectivity index (χ3n) is 4.14. The molecule has 0 atom stereocenters. The van der Waals surface area contributed by atoms with Crippen LogP contribution in [0.2, 0.25) is 5.02 Å². The van der Waals surface area contributed by atoms with Gasteiger partial charge in [-0.15, -0.1) is 0 Å². The number of benzene rings is 2. The number of rotatable bonds is 3. The van der Waals surface area contributed by atoms with Crippen molar-refractivity contribution in [3.05, 3.63) is 59.1 Å². The average Bonchev–Trinajstić information content (AvgIpc) is 2.87. The van der Waals surface area contributed by atoms with Gasteiger partial charge in [0.2, 0.25) is 0 Å². The van der Waals surface area contributed by atoms with Crippen molar-refractivity contribution >= 4 is 39.4 Å². The number of hydrogen-bond donors (Lipinski definition) is 1. The number of anilines is 1. The highest BCUT2D eigenvalue weighted by Crippen LogP contribution is 2.23. The number of hydrogen-bond acceptors (Lipinski definition) is 4. The van der Waals surface area contributed by atoms with E-state index in [1.807, 2.05) is 25.2 Å². The average molecular weight is 338 g/mol. The van der Waals surface area contributed by atoms with Gasteiger partial charge in [0.25, 0.3) is 0 Å². The van der Waals surface area contributed by atoms with Crippen molar-refractivity contribution in [3.8, 4) is 0 Å². The third-order valence-corrected chi connectivity index (χ3v) is 4.38. The molecule has 4 aromatic rings. The van der Waals surface area contributed by atoms with E-state index in [4.69, 9.17) is 16.6 Å². The minimum atomic E-state index is 0.582. The molecule has 120 valence electrons. The summed E-state index contributed by atoms with van der Waals surface area (Å²) in [6, 6.07) is 11.9. The summed E-state index contributed by atoms with van der Waals surface area (Å²) in [4.78, 5) is 13.3. The number of halogens is 1. The predicted octanol–water partition coefficient (Wildman–Crippen LogP) is 4.09. The lowest BCUT2D eigenvalue weighted by atomic mass is 10.2. The van der Waals surface area contributed by atoms with Crippen LogP contribution in [0.1, 0.15) is 11.4 Å². The number of fused-ring (bicyclic) bond motifs is 2. The summed E-state index contributed by atoms with van der Waals surface area (Å²) < 4.78 is 2.10. The van der Waals surface area contributed by atoms with Crippen LogP contribution in [0.5, 0.6) is 0 Å². The molecule has 24 heavy (non-hydrogen) atoms. The SMILES string of the molecule is Cc1ccc2c(c1)nc(CNc1ncnc3cc(Cl)ccc13)n2C. The van der Waals surface area contributed by atoms with Crippen LogP contribution < -0.4 is 5.32 Å². The molecule has 0 radical (unpaired) electrons. The summed E-state index contributed by atoms with van der Waals surface area (Å²) in [6.45, 7) is 2.66. The van der Waals surface area contributed by atoms with E-state index in [1.165, 1.54) is 5.56 Å². The molecule has 6 heteroatoms. The molecule has 0 saturated heterocycles. The van der Waals surface area contributed by atoms with Gasteiger partial charge in [-0.05, 0) is 42.8 Å². The second-order valence-electron chi connectivity index (χ2n) is 5.82. The van der Waals surface area contributed by atoms with Gasteiger partial charge in [0.05, 0.1) is 23.1 Å². The summed E-state index contributed by atoms with van der Waals surface area (Å²) in [5, 5.41) is 4.97. The molecule has 2 heterocycles. The highest BCUT2D eigenvalue weighted by molar-refractivity contribution is 6.31. The van der Waals surface area contributed by atoms with E-state index in [1.54, 1.807) is 6.33 Å².